The number of hydrogen-bond acceptors (Lipinski definition) is 5. The van der Waals surface area contributed by atoms with Gasteiger partial charge in [-0.1, -0.05) is 0 Å². The minimum atomic E-state index is -0.522. The zero-order valence-corrected chi connectivity index (χ0v) is 11.7. The van der Waals surface area contributed by atoms with Crippen molar-refractivity contribution < 1.29 is 9.41 Å². The van der Waals surface area contributed by atoms with Crippen molar-refractivity contribution in [3.8, 4) is 0 Å². The molecule has 0 unspecified atom stereocenters. The topological polar surface area (TPSA) is 95.2 Å². The minimum absolute atomic E-state index is 0.136. The first-order valence-corrected chi connectivity index (χ1v) is 6.46. The summed E-state index contributed by atoms with van der Waals surface area (Å²) in [6.07, 6.45) is 0. The average molecular weight is 271 g/mol. The summed E-state index contributed by atoms with van der Waals surface area (Å²) in [5, 5.41) is 10.7. The Morgan fingerprint density at radius 1 is 1.28 bits per heavy atom. The highest BCUT2D eigenvalue weighted by atomic mass is 32.2. The highest BCUT2D eigenvalue weighted by molar-refractivity contribution is 7.99. The molecule has 0 heterocycles. The number of nitrogen functional groups attached to an aromatic ring is 2. The van der Waals surface area contributed by atoms with Gasteiger partial charge >= 0.3 is 0 Å². The van der Waals surface area contributed by atoms with Crippen molar-refractivity contribution in [3.05, 3.63) is 22.2 Å². The van der Waals surface area contributed by atoms with E-state index in [1.54, 1.807) is 17.8 Å². The third-order valence-electron chi connectivity index (χ3n) is 2.38. The van der Waals surface area contributed by atoms with Crippen LogP contribution < -0.4 is 11.5 Å². The maximum absolute atomic E-state index is 10.7. The van der Waals surface area contributed by atoms with Crippen LogP contribution in [0.1, 0.15) is 0 Å². The number of thioether (sulfide) groups is 1. The summed E-state index contributed by atoms with van der Waals surface area (Å²) in [7, 11) is 6.32. The zero-order chi connectivity index (χ0) is 13.9. The fraction of sp³-hybridized carbons (Fsp3) is 0.455. The number of benzene rings is 1. The zero-order valence-electron chi connectivity index (χ0n) is 10.8. The summed E-state index contributed by atoms with van der Waals surface area (Å²) in [5.74, 6) is 0.880. The second kappa shape index (κ2) is 5.45. The molecule has 0 aliphatic heterocycles. The van der Waals surface area contributed by atoms with Gasteiger partial charge in [-0.2, -0.15) is 0 Å². The van der Waals surface area contributed by atoms with Gasteiger partial charge in [0.05, 0.1) is 38.3 Å². The average Bonchev–Trinajstić information content (AvgIpc) is 2.20. The van der Waals surface area contributed by atoms with Crippen molar-refractivity contribution in [2.24, 2.45) is 0 Å². The number of anilines is 2. The van der Waals surface area contributed by atoms with Crippen LogP contribution in [0, 0.1) is 10.1 Å². The Labute approximate surface area is 111 Å². The van der Waals surface area contributed by atoms with E-state index in [1.165, 1.54) is 6.07 Å². The van der Waals surface area contributed by atoms with Gasteiger partial charge in [0.1, 0.15) is 5.69 Å². The molecule has 0 saturated heterocycles. The molecule has 0 aliphatic rings. The first-order valence-electron chi connectivity index (χ1n) is 5.47. The standard InChI is InChI=1S/C11H19N4O2S/c1-15(2,3)4-5-18-11-7-8(12)10(14(16)17)6-9(11)13/h6-7H,4-5,12-13H2,1-3H3/q+1. The van der Waals surface area contributed by atoms with Gasteiger partial charge in [-0.15, -0.1) is 11.8 Å². The molecule has 0 aromatic heterocycles. The molecule has 1 aromatic rings. The number of nitrogens with two attached hydrogens (primary N) is 2. The molecule has 0 amide bonds. The van der Waals surface area contributed by atoms with Crippen LogP contribution in [-0.2, 0) is 0 Å². The highest BCUT2D eigenvalue weighted by Gasteiger charge is 2.15. The number of rotatable bonds is 5. The Kier molecular flexibility index (Phi) is 4.42. The first-order chi connectivity index (χ1) is 8.20. The molecule has 7 heteroatoms. The lowest BCUT2D eigenvalue weighted by molar-refractivity contribution is -0.867. The van der Waals surface area contributed by atoms with Crippen LogP contribution in [0.2, 0.25) is 0 Å². The van der Waals surface area contributed by atoms with Crippen molar-refractivity contribution in [2.75, 3.05) is 44.9 Å². The molecule has 1 rings (SSSR count). The Hall–Kier alpha value is -1.47. The molecule has 0 fully saturated rings. The Balaban J connectivity index is 2.79. The largest absolute Gasteiger partial charge is 0.398 e. The van der Waals surface area contributed by atoms with Crippen LogP contribution in [0.25, 0.3) is 0 Å². The molecular weight excluding hydrogens is 252 g/mol. The Morgan fingerprint density at radius 3 is 2.39 bits per heavy atom. The molecule has 6 nitrogen and oxygen atoms in total. The van der Waals surface area contributed by atoms with Crippen LogP contribution >= 0.6 is 11.8 Å². The molecular formula is C11H19N4O2S+. The molecule has 0 radical (unpaired) electrons. The lowest BCUT2D eigenvalue weighted by atomic mass is 10.2. The van der Waals surface area contributed by atoms with E-state index in [0.29, 0.717) is 5.69 Å². The predicted molar refractivity (Wildman–Crippen MR) is 75.5 cm³/mol. The lowest BCUT2D eigenvalue weighted by Crippen LogP contribution is -2.36. The number of nitro groups is 1. The monoisotopic (exact) mass is 271 g/mol. The quantitative estimate of drug-likeness (QED) is 0.278. The molecule has 4 N–H and O–H groups in total. The molecule has 18 heavy (non-hydrogen) atoms. The van der Waals surface area contributed by atoms with E-state index in [2.05, 4.69) is 21.1 Å². The summed E-state index contributed by atoms with van der Waals surface area (Å²) >= 11 is 1.57. The molecule has 0 atom stereocenters. The smallest absolute Gasteiger partial charge is 0.294 e. The SMILES string of the molecule is C[N+](C)(C)CCSc1cc(N)c([N+](=O)[O-])cc1N. The fourth-order valence-electron chi connectivity index (χ4n) is 1.31. The van der Waals surface area contributed by atoms with E-state index in [9.17, 15) is 10.1 Å². The minimum Gasteiger partial charge on any atom is -0.398 e. The summed E-state index contributed by atoms with van der Waals surface area (Å²) < 4.78 is 0.857. The van der Waals surface area contributed by atoms with Crippen molar-refractivity contribution in [1.82, 2.24) is 0 Å². The predicted octanol–water partition coefficient (Wildman–Crippen LogP) is 1.56. The maximum Gasteiger partial charge on any atom is 0.294 e. The second-order valence-electron chi connectivity index (χ2n) is 5.07. The normalized spacial score (nSPS) is 11.5. The number of hydrogen-bond donors (Lipinski definition) is 2. The van der Waals surface area contributed by atoms with Gasteiger partial charge in [0.2, 0.25) is 0 Å². The first kappa shape index (κ1) is 14.6. The van der Waals surface area contributed by atoms with E-state index in [0.717, 1.165) is 21.7 Å². The number of quaternary nitrogens is 1. The Bertz CT molecular complexity index is 457. The van der Waals surface area contributed by atoms with Gasteiger partial charge < -0.3 is 16.0 Å². The van der Waals surface area contributed by atoms with E-state index in [4.69, 9.17) is 11.5 Å². The summed E-state index contributed by atoms with van der Waals surface area (Å²) in [6.45, 7) is 0.973. The van der Waals surface area contributed by atoms with Gasteiger partial charge in [0, 0.05) is 16.7 Å². The second-order valence-corrected chi connectivity index (χ2v) is 6.21. The van der Waals surface area contributed by atoms with E-state index < -0.39 is 4.92 Å². The molecule has 0 saturated carbocycles. The van der Waals surface area contributed by atoms with Crippen LogP contribution in [-0.4, -0.2) is 42.8 Å². The van der Waals surface area contributed by atoms with Crippen molar-refractivity contribution in [3.63, 3.8) is 0 Å². The fourth-order valence-corrected chi connectivity index (χ4v) is 2.61. The third kappa shape index (κ3) is 4.08. The van der Waals surface area contributed by atoms with Crippen molar-refractivity contribution in [2.45, 2.75) is 4.90 Å². The van der Waals surface area contributed by atoms with Crippen LogP contribution in [0.15, 0.2) is 17.0 Å². The molecule has 100 valence electrons. The molecule has 0 spiro atoms. The number of nitrogens with zero attached hydrogens (tertiary/aromatic N) is 2. The van der Waals surface area contributed by atoms with E-state index in [-0.39, 0.29) is 11.4 Å². The van der Waals surface area contributed by atoms with Crippen LogP contribution in [0.5, 0.6) is 0 Å². The molecule has 0 bridgehead atoms. The third-order valence-corrected chi connectivity index (χ3v) is 3.43. The van der Waals surface area contributed by atoms with Gasteiger partial charge in [0.15, 0.2) is 0 Å². The van der Waals surface area contributed by atoms with Crippen LogP contribution in [0.3, 0.4) is 0 Å². The van der Waals surface area contributed by atoms with Gasteiger partial charge in [-0.25, -0.2) is 0 Å². The maximum atomic E-state index is 10.7. The van der Waals surface area contributed by atoms with Gasteiger partial charge in [0.25, 0.3) is 5.69 Å². The lowest BCUT2D eigenvalue weighted by Gasteiger charge is -2.23. The van der Waals surface area contributed by atoms with Crippen molar-refractivity contribution >= 4 is 28.8 Å². The molecule has 1 aromatic carbocycles. The summed E-state index contributed by atoms with van der Waals surface area (Å²) in [6, 6.07) is 2.90. The van der Waals surface area contributed by atoms with Gasteiger partial charge in [-0.05, 0) is 6.07 Å². The Morgan fingerprint density at radius 2 is 1.89 bits per heavy atom. The summed E-state index contributed by atoms with van der Waals surface area (Å²) in [5.41, 5.74) is 11.9. The number of nitro benzene ring substituents is 1. The van der Waals surface area contributed by atoms with E-state index in [1.807, 2.05) is 0 Å². The van der Waals surface area contributed by atoms with E-state index >= 15 is 0 Å². The molecule has 0 aliphatic carbocycles. The highest BCUT2D eigenvalue weighted by Crippen LogP contribution is 2.33. The van der Waals surface area contributed by atoms with Crippen LogP contribution in [0.4, 0.5) is 17.1 Å². The van der Waals surface area contributed by atoms with Crippen molar-refractivity contribution in [1.29, 1.82) is 0 Å². The van der Waals surface area contributed by atoms with Gasteiger partial charge in [-0.3, -0.25) is 10.1 Å². The summed E-state index contributed by atoms with van der Waals surface area (Å²) in [4.78, 5) is 11.0.